The Hall–Kier alpha value is -3.93. The van der Waals surface area contributed by atoms with Crippen LogP contribution in [-0.4, -0.2) is 16.2 Å². The highest BCUT2D eigenvalue weighted by molar-refractivity contribution is 7.99. The van der Waals surface area contributed by atoms with Gasteiger partial charge in [0.25, 0.3) is 11.5 Å². The van der Waals surface area contributed by atoms with Crippen LogP contribution in [0.2, 0.25) is 0 Å². The summed E-state index contributed by atoms with van der Waals surface area (Å²) >= 11 is 1.56. The van der Waals surface area contributed by atoms with Crippen molar-refractivity contribution in [3.05, 3.63) is 93.3 Å². The fourth-order valence-corrected chi connectivity index (χ4v) is 5.68. The van der Waals surface area contributed by atoms with Crippen molar-refractivity contribution in [3.8, 4) is 11.1 Å². The molecule has 0 saturated carbocycles. The number of alkyl halides is 6. The molecule has 1 aromatic heterocycles. The van der Waals surface area contributed by atoms with Gasteiger partial charge < -0.3 is 15.6 Å². The third-order valence-electron chi connectivity index (χ3n) is 6.32. The number of pyridine rings is 1. The number of carbonyl (C=O) groups is 1. The van der Waals surface area contributed by atoms with E-state index in [0.717, 1.165) is 4.90 Å². The molecule has 4 aromatic rings. The molecular formula is C27H19F6N3O2S. The van der Waals surface area contributed by atoms with Gasteiger partial charge in [0.1, 0.15) is 5.56 Å². The molecule has 5 nitrogen and oxygen atoms in total. The quantitative estimate of drug-likeness (QED) is 0.225. The van der Waals surface area contributed by atoms with Crippen LogP contribution in [0.3, 0.4) is 0 Å². The van der Waals surface area contributed by atoms with Crippen LogP contribution < -0.4 is 16.6 Å². The molecular weight excluding hydrogens is 544 g/mol. The Balaban J connectivity index is 1.63. The first-order valence-electron chi connectivity index (χ1n) is 11.6. The minimum absolute atomic E-state index is 0.0132. The van der Waals surface area contributed by atoms with Crippen molar-refractivity contribution >= 4 is 34.3 Å². The number of aromatic nitrogens is 1. The van der Waals surface area contributed by atoms with Gasteiger partial charge in [0.15, 0.2) is 0 Å². The predicted octanol–water partition coefficient (Wildman–Crippen LogP) is 6.32. The normalized spacial score (nSPS) is 13.5. The van der Waals surface area contributed by atoms with Crippen molar-refractivity contribution in [1.29, 1.82) is 0 Å². The minimum atomic E-state index is -5.03. The van der Waals surface area contributed by atoms with Crippen molar-refractivity contribution in [1.82, 2.24) is 9.88 Å². The summed E-state index contributed by atoms with van der Waals surface area (Å²) in [6, 6.07) is 13.0. The number of nitrogens with one attached hydrogen (secondary N) is 1. The molecule has 0 bridgehead atoms. The number of para-hydroxylation sites is 1. The molecule has 0 aliphatic carbocycles. The number of thioether (sulfide) groups is 1. The van der Waals surface area contributed by atoms with Crippen LogP contribution in [0.15, 0.2) is 70.4 Å². The molecule has 0 unspecified atom stereocenters. The predicted molar refractivity (Wildman–Crippen MR) is 136 cm³/mol. The second kappa shape index (κ2) is 9.67. The first kappa shape index (κ1) is 26.7. The fourth-order valence-electron chi connectivity index (χ4n) is 4.65. The monoisotopic (exact) mass is 563 g/mol. The van der Waals surface area contributed by atoms with Gasteiger partial charge in [-0.15, -0.1) is 11.8 Å². The number of hydrogen-bond donors (Lipinski definition) is 2. The number of carbonyl (C=O) groups excluding carboxylic acids is 1. The molecule has 5 rings (SSSR count). The number of nitrogen functional groups attached to an aromatic ring is 1. The lowest BCUT2D eigenvalue weighted by molar-refractivity contribution is -0.143. The lowest BCUT2D eigenvalue weighted by atomic mass is 9.94. The summed E-state index contributed by atoms with van der Waals surface area (Å²) in [6.45, 7) is -0.355. The smallest absolute Gasteiger partial charge is 0.399 e. The van der Waals surface area contributed by atoms with E-state index in [-0.39, 0.29) is 17.2 Å². The Morgan fingerprint density at radius 2 is 1.62 bits per heavy atom. The van der Waals surface area contributed by atoms with E-state index in [2.05, 4.69) is 5.32 Å². The molecule has 1 amide bonds. The van der Waals surface area contributed by atoms with E-state index in [0.29, 0.717) is 46.6 Å². The molecule has 0 saturated heterocycles. The summed E-state index contributed by atoms with van der Waals surface area (Å²) in [4.78, 5) is 28.0. The summed E-state index contributed by atoms with van der Waals surface area (Å²) in [7, 11) is 0. The van der Waals surface area contributed by atoms with Gasteiger partial charge in [-0.1, -0.05) is 24.3 Å². The molecule has 3 N–H and O–H groups in total. The zero-order valence-corrected chi connectivity index (χ0v) is 20.7. The van der Waals surface area contributed by atoms with Gasteiger partial charge in [-0.05, 0) is 47.5 Å². The van der Waals surface area contributed by atoms with Gasteiger partial charge in [0, 0.05) is 40.4 Å². The maximum absolute atomic E-state index is 13.7. The Morgan fingerprint density at radius 1 is 0.949 bits per heavy atom. The number of anilines is 1. The standard InChI is InChI=1S/C27H19F6N3O2S/c28-26(29,30)16-9-14(10-17(12-16)27(31,32)33)13-35-24(37)22-21(15-3-1-4-18(34)11-15)19-5-2-6-20-23(19)36(25(22)38)7-8-39-20/h1-6,9-12H,7-8,13,34H2,(H,35,37). The maximum atomic E-state index is 13.7. The average Bonchev–Trinajstić information content (AvgIpc) is 2.88. The Bertz CT molecular complexity index is 1650. The van der Waals surface area contributed by atoms with Gasteiger partial charge in [-0.3, -0.25) is 9.59 Å². The zero-order valence-electron chi connectivity index (χ0n) is 19.9. The Kier molecular flexibility index (Phi) is 6.61. The van der Waals surface area contributed by atoms with Crippen LogP contribution in [0, 0.1) is 0 Å². The van der Waals surface area contributed by atoms with Gasteiger partial charge in [0.2, 0.25) is 0 Å². The number of aryl methyl sites for hydroxylation is 1. The lowest BCUT2D eigenvalue weighted by Gasteiger charge is -2.23. The number of rotatable bonds is 4. The summed E-state index contributed by atoms with van der Waals surface area (Å²) in [6.07, 6.45) is -10.1. The number of benzene rings is 3. The van der Waals surface area contributed by atoms with Crippen LogP contribution in [-0.2, 0) is 25.4 Å². The second-order valence-corrected chi connectivity index (χ2v) is 10.1. The number of nitrogens with two attached hydrogens (primary N) is 1. The molecule has 39 heavy (non-hydrogen) atoms. The number of amides is 1. The van der Waals surface area contributed by atoms with Crippen molar-refractivity contribution in [3.63, 3.8) is 0 Å². The second-order valence-electron chi connectivity index (χ2n) is 8.93. The van der Waals surface area contributed by atoms with E-state index in [1.807, 2.05) is 6.07 Å². The van der Waals surface area contributed by atoms with E-state index in [9.17, 15) is 35.9 Å². The molecule has 0 spiro atoms. The molecule has 202 valence electrons. The van der Waals surface area contributed by atoms with E-state index in [1.54, 1.807) is 48.2 Å². The maximum Gasteiger partial charge on any atom is 0.416 e. The summed E-state index contributed by atoms with van der Waals surface area (Å²) < 4.78 is 81.2. The summed E-state index contributed by atoms with van der Waals surface area (Å²) in [5.41, 5.74) is 3.41. The first-order valence-corrected chi connectivity index (χ1v) is 12.6. The van der Waals surface area contributed by atoms with Crippen LogP contribution >= 0.6 is 11.8 Å². The van der Waals surface area contributed by atoms with Crippen LogP contribution in [0.25, 0.3) is 22.0 Å². The molecule has 1 aliphatic heterocycles. The summed E-state index contributed by atoms with van der Waals surface area (Å²) in [5.74, 6) is -0.354. The molecule has 1 aliphatic rings. The van der Waals surface area contributed by atoms with Crippen molar-refractivity contribution in [2.24, 2.45) is 0 Å². The van der Waals surface area contributed by atoms with Crippen molar-refractivity contribution in [2.75, 3.05) is 11.5 Å². The van der Waals surface area contributed by atoms with Gasteiger partial charge in [-0.25, -0.2) is 0 Å². The first-order chi connectivity index (χ1) is 18.3. The highest BCUT2D eigenvalue weighted by atomic mass is 32.2. The van der Waals surface area contributed by atoms with E-state index in [1.165, 1.54) is 4.57 Å². The van der Waals surface area contributed by atoms with E-state index < -0.39 is 47.1 Å². The molecule has 3 aromatic carbocycles. The molecule has 2 heterocycles. The van der Waals surface area contributed by atoms with E-state index in [4.69, 9.17) is 5.73 Å². The van der Waals surface area contributed by atoms with Gasteiger partial charge >= 0.3 is 12.4 Å². The lowest BCUT2D eigenvalue weighted by Crippen LogP contribution is -2.35. The molecule has 0 atom stereocenters. The fraction of sp³-hybridized carbons (Fsp3) is 0.185. The SMILES string of the molecule is Nc1cccc(-c2c(C(=O)NCc3cc(C(F)(F)F)cc(C(F)(F)F)c3)c(=O)n3c4c(cccc24)SCC3)c1. The molecule has 0 radical (unpaired) electrons. The molecule has 12 heteroatoms. The number of nitrogens with zero attached hydrogens (tertiary/aromatic N) is 1. The van der Waals surface area contributed by atoms with Crippen LogP contribution in [0.1, 0.15) is 27.0 Å². The number of hydrogen-bond acceptors (Lipinski definition) is 4. The van der Waals surface area contributed by atoms with Crippen LogP contribution in [0.5, 0.6) is 0 Å². The minimum Gasteiger partial charge on any atom is -0.399 e. The van der Waals surface area contributed by atoms with Crippen molar-refractivity contribution < 1.29 is 31.1 Å². The van der Waals surface area contributed by atoms with Crippen molar-refractivity contribution in [2.45, 2.75) is 30.3 Å². The third kappa shape index (κ3) is 5.08. The zero-order chi connectivity index (χ0) is 28.1. The van der Waals surface area contributed by atoms with Crippen LogP contribution in [0.4, 0.5) is 32.0 Å². The third-order valence-corrected chi connectivity index (χ3v) is 7.35. The highest BCUT2D eigenvalue weighted by Gasteiger charge is 2.37. The average molecular weight is 564 g/mol. The largest absolute Gasteiger partial charge is 0.416 e. The summed E-state index contributed by atoms with van der Waals surface area (Å²) in [5, 5.41) is 2.95. The van der Waals surface area contributed by atoms with Gasteiger partial charge in [-0.2, -0.15) is 26.3 Å². The number of halogens is 6. The molecule has 0 fully saturated rings. The highest BCUT2D eigenvalue weighted by Crippen LogP contribution is 2.39. The Labute approximate surface area is 221 Å². The van der Waals surface area contributed by atoms with Gasteiger partial charge in [0.05, 0.1) is 16.6 Å². The van der Waals surface area contributed by atoms with E-state index >= 15 is 0 Å². The topological polar surface area (TPSA) is 77.1 Å². The Morgan fingerprint density at radius 3 is 2.26 bits per heavy atom.